The fourth-order valence-corrected chi connectivity index (χ4v) is 3.63. The number of nitrogens with zero attached hydrogens (tertiary/aromatic N) is 3. The molecule has 1 aliphatic heterocycles. The minimum Gasteiger partial charge on any atom is -0.381 e. The maximum absolute atomic E-state index is 12.8. The summed E-state index contributed by atoms with van der Waals surface area (Å²) < 4.78 is 5.96. The van der Waals surface area contributed by atoms with E-state index in [0.29, 0.717) is 25.5 Å². The van der Waals surface area contributed by atoms with Crippen molar-refractivity contribution in [3.05, 3.63) is 60.2 Å². The van der Waals surface area contributed by atoms with E-state index in [1.165, 1.54) is 12.8 Å². The zero-order valence-corrected chi connectivity index (χ0v) is 15.0. The molecule has 5 heteroatoms. The van der Waals surface area contributed by atoms with Crippen LogP contribution in [0.3, 0.4) is 0 Å². The molecule has 2 fully saturated rings. The quantitative estimate of drug-likeness (QED) is 0.770. The highest BCUT2D eigenvalue weighted by Gasteiger charge is 2.37. The third kappa shape index (κ3) is 4.28. The Bertz CT molecular complexity index is 719. The van der Waals surface area contributed by atoms with Crippen molar-refractivity contribution < 1.29 is 9.53 Å². The number of carbonyl (C=O) groups is 1. The van der Waals surface area contributed by atoms with Crippen molar-refractivity contribution in [1.82, 2.24) is 14.9 Å². The first kappa shape index (κ1) is 17.2. The molecule has 2 aromatic rings. The van der Waals surface area contributed by atoms with Crippen molar-refractivity contribution in [3.8, 4) is 0 Å². The van der Waals surface area contributed by atoms with Gasteiger partial charge in [0, 0.05) is 55.8 Å². The molecule has 2 atom stereocenters. The summed E-state index contributed by atoms with van der Waals surface area (Å²) in [5, 5.41) is 0. The van der Waals surface area contributed by atoms with Gasteiger partial charge in [-0.2, -0.15) is 0 Å². The number of hydrogen-bond donors (Lipinski definition) is 0. The summed E-state index contributed by atoms with van der Waals surface area (Å²) >= 11 is 0. The van der Waals surface area contributed by atoms with E-state index < -0.39 is 0 Å². The fraction of sp³-hybridized carbons (Fsp3) is 0.476. The largest absolute Gasteiger partial charge is 0.381 e. The van der Waals surface area contributed by atoms with Crippen molar-refractivity contribution in [2.24, 2.45) is 11.8 Å². The molecule has 1 amide bonds. The Morgan fingerprint density at radius 2 is 2.04 bits per heavy atom. The lowest BCUT2D eigenvalue weighted by atomic mass is 9.93. The Kier molecular flexibility index (Phi) is 5.25. The smallest absolute Gasteiger partial charge is 0.227 e. The molecule has 1 saturated carbocycles. The molecule has 3 heterocycles. The molecule has 0 bridgehead atoms. The number of likely N-dealkylation sites (tertiary alicyclic amines) is 1. The zero-order chi connectivity index (χ0) is 17.8. The Morgan fingerprint density at radius 1 is 1.12 bits per heavy atom. The molecule has 2 aliphatic rings. The number of aromatic nitrogens is 2. The monoisotopic (exact) mass is 351 g/mol. The molecular formula is C21H25N3O2. The second kappa shape index (κ2) is 7.96. The number of rotatable bonds is 7. The van der Waals surface area contributed by atoms with E-state index in [1.54, 1.807) is 12.4 Å². The predicted molar refractivity (Wildman–Crippen MR) is 98.5 cm³/mol. The Balaban J connectivity index is 1.42. The minimum atomic E-state index is 0.156. The molecule has 4 rings (SSSR count). The van der Waals surface area contributed by atoms with Crippen molar-refractivity contribution in [2.45, 2.75) is 25.2 Å². The van der Waals surface area contributed by atoms with Gasteiger partial charge in [0.1, 0.15) is 0 Å². The summed E-state index contributed by atoms with van der Waals surface area (Å²) in [6.07, 6.45) is 8.32. The normalized spacial score (nSPS) is 22.5. The molecule has 136 valence electrons. The molecule has 26 heavy (non-hydrogen) atoms. The molecule has 0 aromatic carbocycles. The molecule has 1 aliphatic carbocycles. The molecule has 2 aromatic heterocycles. The van der Waals surface area contributed by atoms with Gasteiger partial charge in [0.2, 0.25) is 5.91 Å². The van der Waals surface area contributed by atoms with Crippen molar-refractivity contribution >= 4 is 5.91 Å². The van der Waals surface area contributed by atoms with Gasteiger partial charge < -0.3 is 9.64 Å². The molecule has 1 saturated heterocycles. The summed E-state index contributed by atoms with van der Waals surface area (Å²) in [5.74, 6) is 1.46. The summed E-state index contributed by atoms with van der Waals surface area (Å²) in [5.41, 5.74) is 2.02. The van der Waals surface area contributed by atoms with Gasteiger partial charge in [0.25, 0.3) is 0 Å². The first-order chi connectivity index (χ1) is 12.8. The van der Waals surface area contributed by atoms with E-state index in [4.69, 9.17) is 4.74 Å². The Hall–Kier alpha value is -2.27. The van der Waals surface area contributed by atoms with Crippen LogP contribution in [0.4, 0.5) is 0 Å². The molecule has 0 radical (unpaired) electrons. The van der Waals surface area contributed by atoms with Crippen LogP contribution in [0.1, 0.15) is 30.0 Å². The lowest BCUT2D eigenvalue weighted by Crippen LogP contribution is -2.30. The molecule has 0 spiro atoms. The van der Waals surface area contributed by atoms with Gasteiger partial charge in [0.15, 0.2) is 0 Å². The van der Waals surface area contributed by atoms with Crippen LogP contribution in [0.2, 0.25) is 0 Å². The second-order valence-electron chi connectivity index (χ2n) is 7.44. The van der Waals surface area contributed by atoms with Gasteiger partial charge in [-0.1, -0.05) is 12.1 Å². The topological polar surface area (TPSA) is 55.3 Å². The van der Waals surface area contributed by atoms with E-state index in [1.807, 2.05) is 35.4 Å². The van der Waals surface area contributed by atoms with Crippen LogP contribution < -0.4 is 0 Å². The van der Waals surface area contributed by atoms with Gasteiger partial charge in [-0.25, -0.2) is 0 Å². The number of pyridine rings is 2. The number of amides is 1. The highest BCUT2D eigenvalue weighted by molar-refractivity contribution is 5.79. The average Bonchev–Trinajstić information content (AvgIpc) is 3.40. The van der Waals surface area contributed by atoms with E-state index in [9.17, 15) is 4.79 Å². The van der Waals surface area contributed by atoms with Gasteiger partial charge in [0.05, 0.1) is 13.0 Å². The van der Waals surface area contributed by atoms with E-state index in [-0.39, 0.29) is 11.8 Å². The molecular weight excluding hydrogens is 326 g/mol. The van der Waals surface area contributed by atoms with Gasteiger partial charge in [-0.15, -0.1) is 0 Å². The Morgan fingerprint density at radius 3 is 2.77 bits per heavy atom. The molecule has 5 nitrogen and oxygen atoms in total. The summed E-state index contributed by atoms with van der Waals surface area (Å²) in [4.78, 5) is 23.4. The van der Waals surface area contributed by atoms with E-state index >= 15 is 0 Å². The first-order valence-electron chi connectivity index (χ1n) is 9.45. The summed E-state index contributed by atoms with van der Waals surface area (Å²) in [6.45, 7) is 3.02. The molecule has 0 N–H and O–H groups in total. The Labute approximate surface area is 154 Å². The summed E-state index contributed by atoms with van der Waals surface area (Å²) in [6, 6.07) is 9.84. The maximum atomic E-state index is 12.8. The van der Waals surface area contributed by atoms with Crippen molar-refractivity contribution in [1.29, 1.82) is 0 Å². The molecule has 2 unspecified atom stereocenters. The third-order valence-electron chi connectivity index (χ3n) is 5.32. The number of ether oxygens (including phenoxy) is 1. The number of hydrogen-bond acceptors (Lipinski definition) is 4. The average molecular weight is 351 g/mol. The zero-order valence-electron chi connectivity index (χ0n) is 15.0. The van der Waals surface area contributed by atoms with Crippen LogP contribution in [0.5, 0.6) is 0 Å². The SMILES string of the molecule is O=C(Cc1cccnc1)N1CC(COCC2CC2)C(c2ccccn2)C1. The highest BCUT2D eigenvalue weighted by Crippen LogP contribution is 2.33. The fourth-order valence-electron chi connectivity index (χ4n) is 3.63. The van der Waals surface area contributed by atoms with Crippen LogP contribution in [0, 0.1) is 11.8 Å². The van der Waals surface area contributed by atoms with E-state index in [0.717, 1.165) is 30.3 Å². The highest BCUT2D eigenvalue weighted by atomic mass is 16.5. The van der Waals surface area contributed by atoms with Crippen LogP contribution in [0.25, 0.3) is 0 Å². The predicted octanol–water partition coefficient (Wildman–Crippen LogP) is 2.69. The second-order valence-corrected chi connectivity index (χ2v) is 7.44. The standard InChI is InChI=1S/C21H25N3O2/c25-21(10-17-4-3-8-22-11-17)24-12-18(15-26-14-16-6-7-16)19(13-24)20-5-1-2-9-23-20/h1-5,8-9,11,16,18-19H,6-7,10,12-15H2. The van der Waals surface area contributed by atoms with Crippen LogP contribution in [-0.4, -0.2) is 47.1 Å². The van der Waals surface area contributed by atoms with Gasteiger partial charge >= 0.3 is 0 Å². The minimum absolute atomic E-state index is 0.156. The summed E-state index contributed by atoms with van der Waals surface area (Å²) in [7, 11) is 0. The van der Waals surface area contributed by atoms with E-state index in [2.05, 4.69) is 16.0 Å². The first-order valence-corrected chi connectivity index (χ1v) is 9.45. The van der Waals surface area contributed by atoms with Gasteiger partial charge in [-0.05, 0) is 42.5 Å². The van der Waals surface area contributed by atoms with Crippen LogP contribution in [-0.2, 0) is 16.0 Å². The van der Waals surface area contributed by atoms with Crippen molar-refractivity contribution in [2.75, 3.05) is 26.3 Å². The van der Waals surface area contributed by atoms with Gasteiger partial charge in [-0.3, -0.25) is 14.8 Å². The third-order valence-corrected chi connectivity index (χ3v) is 5.32. The lowest BCUT2D eigenvalue weighted by Gasteiger charge is -2.17. The van der Waals surface area contributed by atoms with Crippen molar-refractivity contribution in [3.63, 3.8) is 0 Å². The lowest BCUT2D eigenvalue weighted by molar-refractivity contribution is -0.129. The van der Waals surface area contributed by atoms with Crippen LogP contribution in [0.15, 0.2) is 48.9 Å². The maximum Gasteiger partial charge on any atom is 0.227 e. The van der Waals surface area contributed by atoms with Crippen LogP contribution >= 0.6 is 0 Å². The number of carbonyl (C=O) groups excluding carboxylic acids is 1.